The molecule has 0 aliphatic carbocycles. The second-order valence-corrected chi connectivity index (χ2v) is 7.81. The van der Waals surface area contributed by atoms with Crippen LogP contribution in [0, 0.1) is 0 Å². The predicted octanol–water partition coefficient (Wildman–Crippen LogP) is 4.95. The molecule has 4 rings (SSSR count). The van der Waals surface area contributed by atoms with E-state index in [1.165, 1.54) is 0 Å². The molecule has 0 atom stereocenters. The van der Waals surface area contributed by atoms with Gasteiger partial charge in [-0.05, 0) is 54.5 Å². The van der Waals surface area contributed by atoms with Gasteiger partial charge in [-0.3, -0.25) is 9.59 Å². The molecule has 0 unspecified atom stereocenters. The van der Waals surface area contributed by atoms with Crippen molar-refractivity contribution < 1.29 is 19.1 Å². The maximum absolute atomic E-state index is 13.0. The zero-order valence-electron chi connectivity index (χ0n) is 19.7. The van der Waals surface area contributed by atoms with Gasteiger partial charge in [-0.1, -0.05) is 72.8 Å². The Morgan fingerprint density at radius 2 is 1.58 bits per heavy atom. The molecule has 1 aliphatic rings. The number of hydrogen-bond donors (Lipinski definition) is 2. The van der Waals surface area contributed by atoms with Crippen LogP contribution in [0.4, 0.5) is 0 Å². The van der Waals surface area contributed by atoms with Crippen LogP contribution in [-0.2, 0) is 4.79 Å². The Morgan fingerprint density at radius 3 is 2.36 bits per heavy atom. The Hall–Kier alpha value is -4.91. The molecule has 36 heavy (non-hydrogen) atoms. The van der Waals surface area contributed by atoms with E-state index in [-0.39, 0.29) is 12.5 Å². The molecule has 7 nitrogen and oxygen atoms in total. The van der Waals surface area contributed by atoms with Crippen molar-refractivity contribution in [1.29, 1.82) is 0 Å². The first-order valence-corrected chi connectivity index (χ1v) is 11.3. The van der Waals surface area contributed by atoms with E-state index in [2.05, 4.69) is 15.8 Å². The first kappa shape index (κ1) is 24.2. The smallest absolute Gasteiger partial charge is 0.287 e. The lowest BCUT2D eigenvalue weighted by Gasteiger charge is -2.10. The zero-order chi connectivity index (χ0) is 25.2. The molecule has 0 bridgehead atoms. The number of carbonyl (C=O) groups is 2. The van der Waals surface area contributed by atoms with Crippen molar-refractivity contribution in [1.82, 2.24) is 10.7 Å². The Morgan fingerprint density at radius 1 is 0.861 bits per heavy atom. The maximum Gasteiger partial charge on any atom is 0.287 e. The number of hydrogen-bond acceptors (Lipinski definition) is 5. The summed E-state index contributed by atoms with van der Waals surface area (Å²) in [5, 5.41) is 6.81. The lowest BCUT2D eigenvalue weighted by atomic mass is 10.1. The van der Waals surface area contributed by atoms with E-state index in [1.54, 1.807) is 61.5 Å². The van der Waals surface area contributed by atoms with Gasteiger partial charge in [0.05, 0.1) is 5.71 Å². The molecule has 0 aromatic heterocycles. The summed E-state index contributed by atoms with van der Waals surface area (Å²) >= 11 is 0. The highest BCUT2D eigenvalue weighted by atomic mass is 16.7. The maximum atomic E-state index is 13.0. The highest BCUT2D eigenvalue weighted by Crippen LogP contribution is 2.33. The standard InChI is InChI=1S/C29H25N3O4/c1-21(10-8-9-13-22-11-4-2-5-12-22)31-32-29(34)25(30-28(33)24-14-6-3-7-15-24)18-23-16-17-26-27(19-23)36-20-35-26/h2-19H,20H2,1H3,(H,30,33)(H,32,34)/b10-8+,13-9-,25-18-,31-21?. The number of carbonyl (C=O) groups excluding carboxylic acids is 2. The van der Waals surface area contributed by atoms with Gasteiger partial charge in [-0.25, -0.2) is 5.43 Å². The van der Waals surface area contributed by atoms with Crippen LogP contribution in [0.25, 0.3) is 12.2 Å². The molecular weight excluding hydrogens is 454 g/mol. The van der Waals surface area contributed by atoms with Crippen molar-refractivity contribution in [2.45, 2.75) is 6.92 Å². The summed E-state index contributed by atoms with van der Waals surface area (Å²) < 4.78 is 10.7. The second-order valence-electron chi connectivity index (χ2n) is 7.81. The van der Waals surface area contributed by atoms with Gasteiger partial charge < -0.3 is 14.8 Å². The van der Waals surface area contributed by atoms with Gasteiger partial charge in [0.1, 0.15) is 5.70 Å². The molecule has 0 spiro atoms. The van der Waals surface area contributed by atoms with Gasteiger partial charge in [0, 0.05) is 5.56 Å². The van der Waals surface area contributed by atoms with Gasteiger partial charge in [-0.2, -0.15) is 5.10 Å². The SMILES string of the molecule is CC(/C=C/C=C\c1ccccc1)=NNC(=O)/C(=C/c1ccc2c(c1)OCO2)NC(=O)c1ccccc1. The molecule has 3 aromatic rings. The van der Waals surface area contributed by atoms with E-state index in [0.717, 1.165) is 5.56 Å². The molecule has 0 saturated carbocycles. The molecule has 2 N–H and O–H groups in total. The van der Waals surface area contributed by atoms with Crippen LogP contribution in [0.3, 0.4) is 0 Å². The molecule has 0 radical (unpaired) electrons. The lowest BCUT2D eigenvalue weighted by Crippen LogP contribution is -2.33. The van der Waals surface area contributed by atoms with Crippen molar-refractivity contribution in [3.63, 3.8) is 0 Å². The van der Waals surface area contributed by atoms with Gasteiger partial charge in [0.2, 0.25) is 6.79 Å². The number of amides is 2. The van der Waals surface area contributed by atoms with Gasteiger partial charge in [-0.15, -0.1) is 0 Å². The number of rotatable bonds is 8. The molecule has 1 heterocycles. The number of nitrogens with zero attached hydrogens (tertiary/aromatic N) is 1. The van der Waals surface area contributed by atoms with Crippen molar-refractivity contribution >= 4 is 29.7 Å². The Kier molecular flexibility index (Phi) is 8.07. The third kappa shape index (κ3) is 6.80. The quantitative estimate of drug-likeness (QED) is 0.207. The zero-order valence-corrected chi connectivity index (χ0v) is 19.7. The van der Waals surface area contributed by atoms with Crippen LogP contribution in [0.15, 0.2) is 108 Å². The monoisotopic (exact) mass is 479 g/mol. The molecule has 0 fully saturated rings. The van der Waals surface area contributed by atoms with Crippen LogP contribution < -0.4 is 20.2 Å². The molecule has 2 amide bonds. The number of nitrogens with one attached hydrogen (secondary N) is 2. The second kappa shape index (κ2) is 12.0. The van der Waals surface area contributed by atoms with E-state index in [4.69, 9.17) is 9.47 Å². The van der Waals surface area contributed by atoms with E-state index in [1.807, 2.05) is 54.6 Å². The Balaban J connectivity index is 1.48. The number of fused-ring (bicyclic) bond motifs is 1. The van der Waals surface area contributed by atoms with E-state index < -0.39 is 11.8 Å². The van der Waals surface area contributed by atoms with Gasteiger partial charge >= 0.3 is 0 Å². The average Bonchev–Trinajstić information content (AvgIpc) is 3.38. The highest BCUT2D eigenvalue weighted by Gasteiger charge is 2.17. The number of benzene rings is 3. The van der Waals surface area contributed by atoms with Gasteiger partial charge in [0.25, 0.3) is 11.8 Å². The first-order valence-electron chi connectivity index (χ1n) is 11.3. The van der Waals surface area contributed by atoms with Crippen molar-refractivity contribution in [2.24, 2.45) is 5.10 Å². The predicted molar refractivity (Wildman–Crippen MR) is 140 cm³/mol. The van der Waals surface area contributed by atoms with Crippen LogP contribution >= 0.6 is 0 Å². The molecule has 7 heteroatoms. The van der Waals surface area contributed by atoms with E-state index in [9.17, 15) is 9.59 Å². The number of ether oxygens (including phenoxy) is 2. The van der Waals surface area contributed by atoms with Crippen LogP contribution in [-0.4, -0.2) is 24.3 Å². The van der Waals surface area contributed by atoms with Crippen molar-refractivity contribution in [3.8, 4) is 11.5 Å². The number of allylic oxidation sites excluding steroid dienone is 3. The van der Waals surface area contributed by atoms with E-state index in [0.29, 0.717) is 28.3 Å². The minimum Gasteiger partial charge on any atom is -0.454 e. The minimum absolute atomic E-state index is 0.0345. The summed E-state index contributed by atoms with van der Waals surface area (Å²) in [5.74, 6) is 0.217. The third-order valence-electron chi connectivity index (χ3n) is 5.11. The summed E-state index contributed by atoms with van der Waals surface area (Å²) in [7, 11) is 0. The number of hydrazone groups is 1. The Labute approximate surface area is 209 Å². The first-order chi connectivity index (χ1) is 17.6. The Bertz CT molecular complexity index is 1340. The average molecular weight is 480 g/mol. The topological polar surface area (TPSA) is 89.0 Å². The largest absolute Gasteiger partial charge is 0.454 e. The molecule has 3 aromatic carbocycles. The molecule has 0 saturated heterocycles. The normalized spacial score (nSPS) is 13.2. The molecule has 1 aliphatic heterocycles. The summed E-state index contributed by atoms with van der Waals surface area (Å²) in [4.78, 5) is 25.7. The fraction of sp³-hybridized carbons (Fsp3) is 0.0690. The van der Waals surface area contributed by atoms with Crippen LogP contribution in [0.1, 0.15) is 28.4 Å². The third-order valence-corrected chi connectivity index (χ3v) is 5.11. The van der Waals surface area contributed by atoms with Crippen LogP contribution in [0.5, 0.6) is 11.5 Å². The fourth-order valence-electron chi connectivity index (χ4n) is 3.27. The lowest BCUT2D eigenvalue weighted by molar-refractivity contribution is -0.117. The minimum atomic E-state index is -0.565. The summed E-state index contributed by atoms with van der Waals surface area (Å²) in [5.41, 5.74) is 5.28. The summed E-state index contributed by atoms with van der Waals surface area (Å²) in [6.45, 7) is 1.90. The molecular formula is C29H25N3O4. The van der Waals surface area contributed by atoms with Crippen molar-refractivity contribution in [3.05, 3.63) is 119 Å². The van der Waals surface area contributed by atoms with Crippen LogP contribution in [0.2, 0.25) is 0 Å². The van der Waals surface area contributed by atoms with E-state index >= 15 is 0 Å². The molecule has 180 valence electrons. The summed E-state index contributed by atoms with van der Waals surface area (Å²) in [6, 6.07) is 23.8. The van der Waals surface area contributed by atoms with Crippen molar-refractivity contribution in [2.75, 3.05) is 6.79 Å². The fourth-order valence-corrected chi connectivity index (χ4v) is 3.27. The van der Waals surface area contributed by atoms with Gasteiger partial charge in [0.15, 0.2) is 11.5 Å². The highest BCUT2D eigenvalue weighted by molar-refractivity contribution is 6.05. The summed E-state index contributed by atoms with van der Waals surface area (Å²) in [6.07, 6.45) is 9.01.